The molecule has 4 heteroatoms. The summed E-state index contributed by atoms with van der Waals surface area (Å²) in [6, 6.07) is 27.1. The van der Waals surface area contributed by atoms with Crippen LogP contribution in [0.3, 0.4) is 0 Å². The van der Waals surface area contributed by atoms with Gasteiger partial charge in [-0.3, -0.25) is 9.59 Å². The fourth-order valence-electron chi connectivity index (χ4n) is 3.31. The topological polar surface area (TPSA) is 58.2 Å². The molecule has 0 bridgehead atoms. The summed E-state index contributed by atoms with van der Waals surface area (Å²) in [5.41, 5.74) is 3.15. The van der Waals surface area contributed by atoms with Crippen LogP contribution in [0.4, 0.5) is 5.69 Å². The average molecular weight is 401 g/mol. The lowest BCUT2D eigenvalue weighted by Gasteiger charge is -2.20. The van der Waals surface area contributed by atoms with Gasteiger partial charge in [0, 0.05) is 29.1 Å². The van der Waals surface area contributed by atoms with E-state index >= 15 is 0 Å². The highest BCUT2D eigenvalue weighted by molar-refractivity contribution is 5.96. The minimum atomic E-state index is -0.298. The maximum atomic E-state index is 12.8. The van der Waals surface area contributed by atoms with Crippen LogP contribution >= 0.6 is 0 Å². The normalized spacial score (nSPS) is 11.2. The van der Waals surface area contributed by atoms with Gasteiger partial charge in [0.1, 0.15) is 0 Å². The number of rotatable bonds is 6. The van der Waals surface area contributed by atoms with Crippen LogP contribution in [0.1, 0.15) is 54.6 Å². The molecule has 2 N–H and O–H groups in total. The minimum absolute atomic E-state index is 0.0239. The van der Waals surface area contributed by atoms with Crippen molar-refractivity contribution in [3.05, 3.63) is 102 Å². The first-order valence-electron chi connectivity index (χ1n) is 10.1. The van der Waals surface area contributed by atoms with Crippen molar-refractivity contribution in [2.45, 2.75) is 38.6 Å². The fraction of sp³-hybridized carbons (Fsp3) is 0.231. The number of hydrogen-bond acceptors (Lipinski definition) is 2. The van der Waals surface area contributed by atoms with Crippen LogP contribution in [0.15, 0.2) is 84.9 Å². The van der Waals surface area contributed by atoms with Gasteiger partial charge in [-0.2, -0.15) is 0 Å². The molecule has 0 unspecified atom stereocenters. The molecule has 0 aliphatic heterocycles. The van der Waals surface area contributed by atoms with Gasteiger partial charge in [-0.1, -0.05) is 60.7 Å². The number of benzene rings is 3. The summed E-state index contributed by atoms with van der Waals surface area (Å²) in [5, 5.41) is 5.89. The van der Waals surface area contributed by atoms with E-state index in [1.54, 1.807) is 24.3 Å². The molecule has 0 fully saturated rings. The maximum absolute atomic E-state index is 12.8. The first-order valence-corrected chi connectivity index (χ1v) is 10.1. The Morgan fingerprint density at radius 3 is 1.73 bits per heavy atom. The summed E-state index contributed by atoms with van der Waals surface area (Å²) in [7, 11) is 0. The Kier molecular flexibility index (Phi) is 6.68. The maximum Gasteiger partial charge on any atom is 0.251 e. The van der Waals surface area contributed by atoms with Crippen molar-refractivity contribution in [3.63, 3.8) is 0 Å². The lowest BCUT2D eigenvalue weighted by atomic mass is 9.88. The van der Waals surface area contributed by atoms with Gasteiger partial charge >= 0.3 is 0 Å². The third-order valence-corrected chi connectivity index (χ3v) is 4.71. The highest BCUT2D eigenvalue weighted by Crippen LogP contribution is 2.28. The Labute approximate surface area is 178 Å². The second-order valence-corrected chi connectivity index (χ2v) is 8.41. The van der Waals surface area contributed by atoms with Gasteiger partial charge in [-0.25, -0.2) is 0 Å². The third-order valence-electron chi connectivity index (χ3n) is 4.71. The van der Waals surface area contributed by atoms with E-state index in [-0.39, 0.29) is 23.3 Å². The van der Waals surface area contributed by atoms with Crippen molar-refractivity contribution in [1.29, 1.82) is 0 Å². The van der Waals surface area contributed by atoms with Crippen molar-refractivity contribution >= 4 is 17.5 Å². The van der Waals surface area contributed by atoms with Gasteiger partial charge in [-0.05, 0) is 56.2 Å². The Morgan fingerprint density at radius 2 is 1.27 bits per heavy atom. The van der Waals surface area contributed by atoms with Crippen molar-refractivity contribution in [2.24, 2.45) is 0 Å². The van der Waals surface area contributed by atoms with Gasteiger partial charge in [0.05, 0.1) is 0 Å². The highest BCUT2D eigenvalue weighted by atomic mass is 16.2. The van der Waals surface area contributed by atoms with Crippen molar-refractivity contribution in [3.8, 4) is 0 Å². The van der Waals surface area contributed by atoms with E-state index < -0.39 is 0 Å². The largest absolute Gasteiger partial charge is 0.347 e. The summed E-state index contributed by atoms with van der Waals surface area (Å²) in [6.07, 6.45) is 0.334. The first kappa shape index (κ1) is 21.3. The standard InChI is InChI=1S/C26H28N2O2/c1-26(2,3)28-25(30)21-14-16-22(17-15-21)27-24(29)18-23(19-10-6-4-7-11-19)20-12-8-5-9-13-20/h4-17,23H,18H2,1-3H3,(H,27,29)(H,28,30). The van der Waals surface area contributed by atoms with Crippen LogP contribution in [-0.4, -0.2) is 17.4 Å². The molecule has 0 atom stereocenters. The van der Waals surface area contributed by atoms with E-state index in [0.29, 0.717) is 17.7 Å². The molecule has 0 radical (unpaired) electrons. The molecule has 0 spiro atoms. The van der Waals surface area contributed by atoms with Crippen molar-refractivity contribution in [2.75, 3.05) is 5.32 Å². The van der Waals surface area contributed by atoms with Crippen LogP contribution < -0.4 is 10.6 Å². The number of carbonyl (C=O) groups excluding carboxylic acids is 2. The molecule has 30 heavy (non-hydrogen) atoms. The molecule has 0 saturated heterocycles. The zero-order valence-corrected chi connectivity index (χ0v) is 17.7. The zero-order valence-electron chi connectivity index (χ0n) is 17.7. The smallest absolute Gasteiger partial charge is 0.251 e. The van der Waals surface area contributed by atoms with Gasteiger partial charge in [0.2, 0.25) is 5.91 Å². The SMILES string of the molecule is CC(C)(C)NC(=O)c1ccc(NC(=O)CC(c2ccccc2)c2ccccc2)cc1. The average Bonchev–Trinajstić information content (AvgIpc) is 2.72. The summed E-state index contributed by atoms with van der Waals surface area (Å²) in [6.45, 7) is 5.82. The lowest BCUT2D eigenvalue weighted by molar-refractivity contribution is -0.116. The summed E-state index contributed by atoms with van der Waals surface area (Å²) >= 11 is 0. The second-order valence-electron chi connectivity index (χ2n) is 8.41. The molecule has 154 valence electrons. The molecule has 4 nitrogen and oxygen atoms in total. The number of carbonyl (C=O) groups is 2. The van der Waals surface area contributed by atoms with E-state index in [2.05, 4.69) is 10.6 Å². The molecule has 0 aliphatic carbocycles. The molecule has 0 saturated carbocycles. The molecule has 0 heterocycles. The van der Waals surface area contributed by atoms with Crippen LogP contribution in [0.25, 0.3) is 0 Å². The van der Waals surface area contributed by atoms with Crippen LogP contribution in [0.2, 0.25) is 0 Å². The van der Waals surface area contributed by atoms with Gasteiger partial charge in [0.25, 0.3) is 5.91 Å². The number of hydrogen-bond donors (Lipinski definition) is 2. The molecule has 3 aromatic rings. The zero-order chi connectivity index (χ0) is 21.6. The predicted octanol–water partition coefficient (Wildman–Crippen LogP) is 5.38. The molecular formula is C26H28N2O2. The van der Waals surface area contributed by atoms with Crippen LogP contribution in [0.5, 0.6) is 0 Å². The molecule has 0 aromatic heterocycles. The Balaban J connectivity index is 1.69. The summed E-state index contributed by atoms with van der Waals surface area (Å²) in [5.74, 6) is -0.225. The summed E-state index contributed by atoms with van der Waals surface area (Å²) in [4.78, 5) is 25.0. The lowest BCUT2D eigenvalue weighted by Crippen LogP contribution is -2.40. The molecule has 3 rings (SSSR count). The van der Waals surface area contributed by atoms with Crippen LogP contribution in [-0.2, 0) is 4.79 Å². The molecule has 2 amide bonds. The fourth-order valence-corrected chi connectivity index (χ4v) is 3.31. The van der Waals surface area contributed by atoms with Gasteiger partial charge in [-0.15, -0.1) is 0 Å². The van der Waals surface area contributed by atoms with E-state index in [4.69, 9.17) is 0 Å². The van der Waals surface area contributed by atoms with Gasteiger partial charge < -0.3 is 10.6 Å². The van der Waals surface area contributed by atoms with Crippen molar-refractivity contribution < 1.29 is 9.59 Å². The first-order chi connectivity index (χ1) is 14.3. The molecular weight excluding hydrogens is 372 g/mol. The predicted molar refractivity (Wildman–Crippen MR) is 122 cm³/mol. The Hall–Kier alpha value is -3.40. The van der Waals surface area contributed by atoms with E-state index in [9.17, 15) is 9.59 Å². The van der Waals surface area contributed by atoms with Gasteiger partial charge in [0.15, 0.2) is 0 Å². The van der Waals surface area contributed by atoms with E-state index in [0.717, 1.165) is 11.1 Å². The monoisotopic (exact) mass is 400 g/mol. The van der Waals surface area contributed by atoms with Crippen LogP contribution in [0, 0.1) is 0 Å². The van der Waals surface area contributed by atoms with E-state index in [1.165, 1.54) is 0 Å². The molecule has 0 aliphatic rings. The second kappa shape index (κ2) is 9.40. The van der Waals surface area contributed by atoms with E-state index in [1.807, 2.05) is 81.4 Å². The highest BCUT2D eigenvalue weighted by Gasteiger charge is 2.19. The number of nitrogens with one attached hydrogen (secondary N) is 2. The molecule has 3 aromatic carbocycles. The number of amides is 2. The number of anilines is 1. The third kappa shape index (κ3) is 6.05. The minimum Gasteiger partial charge on any atom is -0.347 e. The summed E-state index contributed by atoms with van der Waals surface area (Å²) < 4.78 is 0. The van der Waals surface area contributed by atoms with Crippen molar-refractivity contribution in [1.82, 2.24) is 5.32 Å². The quantitative estimate of drug-likeness (QED) is 0.584. The Bertz CT molecular complexity index is 936. The Morgan fingerprint density at radius 1 is 0.767 bits per heavy atom.